The third-order valence-electron chi connectivity index (χ3n) is 4.05. The number of benzene rings is 1. The molecule has 2 rings (SSSR count). The molecule has 0 saturated carbocycles. The van der Waals surface area contributed by atoms with Crippen molar-refractivity contribution < 1.29 is 14.3 Å². The molecule has 0 radical (unpaired) electrons. The van der Waals surface area contributed by atoms with E-state index in [1.54, 1.807) is 26.0 Å². The van der Waals surface area contributed by atoms with Crippen molar-refractivity contribution in [3.8, 4) is 11.5 Å². The zero-order chi connectivity index (χ0) is 17.0. The molecule has 5 nitrogen and oxygen atoms in total. The van der Waals surface area contributed by atoms with Crippen LogP contribution in [-0.4, -0.2) is 32.4 Å². The highest BCUT2D eigenvalue weighted by Gasteiger charge is 2.24. The van der Waals surface area contributed by atoms with Crippen molar-refractivity contribution >= 4 is 23.2 Å². The maximum atomic E-state index is 11.4. The van der Waals surface area contributed by atoms with Crippen LogP contribution in [0, 0.1) is 5.92 Å². The molecule has 126 valence electrons. The van der Waals surface area contributed by atoms with Crippen LogP contribution < -0.4 is 20.3 Å². The van der Waals surface area contributed by atoms with E-state index in [0.717, 1.165) is 27.5 Å². The monoisotopic (exact) mass is 336 g/mol. The maximum Gasteiger partial charge on any atom is 0.234 e. The first-order chi connectivity index (χ1) is 11.0. The van der Waals surface area contributed by atoms with Crippen LogP contribution in [0.1, 0.15) is 25.8 Å². The van der Waals surface area contributed by atoms with Crippen LogP contribution in [0.2, 0.25) is 0 Å². The number of amides is 1. The Morgan fingerprint density at radius 2 is 2.09 bits per heavy atom. The number of thioether (sulfide) groups is 1. The van der Waals surface area contributed by atoms with Gasteiger partial charge < -0.3 is 9.47 Å². The first kappa shape index (κ1) is 17.7. The zero-order valence-corrected chi connectivity index (χ0v) is 15.0. The van der Waals surface area contributed by atoms with Gasteiger partial charge in [0.1, 0.15) is 0 Å². The van der Waals surface area contributed by atoms with Gasteiger partial charge in [-0.25, -0.2) is 5.43 Å². The fourth-order valence-electron chi connectivity index (χ4n) is 2.66. The number of ether oxygens (including phenoxy) is 2. The van der Waals surface area contributed by atoms with E-state index in [1.165, 1.54) is 0 Å². The van der Waals surface area contributed by atoms with Crippen LogP contribution in [0.15, 0.2) is 23.1 Å². The summed E-state index contributed by atoms with van der Waals surface area (Å²) in [6, 6.07) is 4.19. The van der Waals surface area contributed by atoms with Crippen LogP contribution in [0.5, 0.6) is 11.5 Å². The summed E-state index contributed by atoms with van der Waals surface area (Å²) in [4.78, 5) is 12.4. The van der Waals surface area contributed by atoms with Crippen molar-refractivity contribution in [2.45, 2.75) is 31.2 Å². The molecule has 1 heterocycles. The van der Waals surface area contributed by atoms with Gasteiger partial charge in [-0.3, -0.25) is 10.2 Å². The summed E-state index contributed by atoms with van der Waals surface area (Å²) in [5, 5.41) is 0. The van der Waals surface area contributed by atoms with Crippen molar-refractivity contribution in [3.05, 3.63) is 23.8 Å². The van der Waals surface area contributed by atoms with Crippen LogP contribution in [0.25, 0.3) is 5.57 Å². The summed E-state index contributed by atoms with van der Waals surface area (Å²) >= 11 is 1.62. The minimum absolute atomic E-state index is 0.0376. The lowest BCUT2D eigenvalue weighted by Crippen LogP contribution is -2.52. The van der Waals surface area contributed by atoms with Crippen LogP contribution in [0.4, 0.5) is 0 Å². The molecule has 2 N–H and O–H groups in total. The number of hydrazine groups is 1. The second kappa shape index (κ2) is 7.75. The Balaban J connectivity index is 2.33. The van der Waals surface area contributed by atoms with E-state index in [1.807, 2.05) is 12.3 Å². The Kier molecular flexibility index (Phi) is 5.96. The van der Waals surface area contributed by atoms with Gasteiger partial charge in [0.2, 0.25) is 5.91 Å². The summed E-state index contributed by atoms with van der Waals surface area (Å²) in [6.07, 6.45) is 4.69. The molecule has 1 aliphatic heterocycles. The quantitative estimate of drug-likeness (QED) is 0.810. The molecule has 1 amide bonds. The van der Waals surface area contributed by atoms with Gasteiger partial charge in [-0.2, -0.15) is 0 Å². The Bertz CT molecular complexity index is 591. The van der Waals surface area contributed by atoms with Gasteiger partial charge in [-0.05, 0) is 42.4 Å². The number of hydrogen-bond donors (Lipinski definition) is 2. The van der Waals surface area contributed by atoms with E-state index in [4.69, 9.17) is 9.47 Å². The second-order valence-electron chi connectivity index (χ2n) is 5.66. The molecule has 2 atom stereocenters. The lowest BCUT2D eigenvalue weighted by Gasteiger charge is -2.28. The van der Waals surface area contributed by atoms with Gasteiger partial charge >= 0.3 is 0 Å². The normalized spacial score (nSPS) is 21.8. The number of methoxy groups -OCH3 is 2. The van der Waals surface area contributed by atoms with Crippen molar-refractivity contribution in [3.63, 3.8) is 0 Å². The maximum absolute atomic E-state index is 11.4. The van der Waals surface area contributed by atoms with E-state index in [-0.39, 0.29) is 17.9 Å². The fraction of sp³-hybridized carbons (Fsp3) is 0.471. The van der Waals surface area contributed by atoms with Gasteiger partial charge in [0, 0.05) is 12.5 Å². The highest BCUT2D eigenvalue weighted by atomic mass is 32.2. The fourth-order valence-corrected chi connectivity index (χ4v) is 3.27. The molecule has 1 aromatic rings. The minimum atomic E-state index is 0.0376. The smallest absolute Gasteiger partial charge is 0.234 e. The predicted molar refractivity (Wildman–Crippen MR) is 93.8 cm³/mol. The Hall–Kier alpha value is -1.66. The average Bonchev–Trinajstić information content (AvgIpc) is 2.55. The first-order valence-corrected chi connectivity index (χ1v) is 8.75. The lowest BCUT2D eigenvalue weighted by molar-refractivity contribution is -0.125. The standard InChI is InChI=1S/C17H24N2O3S/c1-10(6-13-11(2)7-16(20)19-18-13)12-8-14(21-3)17(22-4)15(9-12)23-5/h6,8-9,11,13,18H,7H2,1-5H3,(H,19,20)/b10-6+. The number of allylic oxidation sites excluding steroid dienone is 1. The predicted octanol–water partition coefficient (Wildman–Crippen LogP) is 2.86. The number of rotatable bonds is 5. The van der Waals surface area contributed by atoms with Crippen molar-refractivity contribution in [2.24, 2.45) is 5.92 Å². The zero-order valence-electron chi connectivity index (χ0n) is 14.2. The van der Waals surface area contributed by atoms with Gasteiger partial charge in [-0.1, -0.05) is 13.0 Å². The Morgan fingerprint density at radius 3 is 2.65 bits per heavy atom. The second-order valence-corrected chi connectivity index (χ2v) is 6.51. The summed E-state index contributed by atoms with van der Waals surface area (Å²) < 4.78 is 10.9. The summed E-state index contributed by atoms with van der Waals surface area (Å²) in [5.41, 5.74) is 7.97. The van der Waals surface area contributed by atoms with E-state index < -0.39 is 0 Å². The third-order valence-corrected chi connectivity index (χ3v) is 4.79. The molecule has 2 unspecified atom stereocenters. The Morgan fingerprint density at radius 1 is 1.35 bits per heavy atom. The highest BCUT2D eigenvalue weighted by Crippen LogP contribution is 2.39. The first-order valence-electron chi connectivity index (χ1n) is 7.53. The number of nitrogens with one attached hydrogen (secondary N) is 2. The van der Waals surface area contributed by atoms with Gasteiger partial charge in [0.25, 0.3) is 0 Å². The van der Waals surface area contributed by atoms with E-state index >= 15 is 0 Å². The molecule has 6 heteroatoms. The third kappa shape index (κ3) is 4.00. The van der Waals surface area contributed by atoms with Crippen LogP contribution in [0.3, 0.4) is 0 Å². The number of hydrogen-bond acceptors (Lipinski definition) is 5. The molecule has 1 aliphatic rings. The van der Waals surface area contributed by atoms with Gasteiger partial charge in [-0.15, -0.1) is 11.8 Å². The average molecular weight is 336 g/mol. The van der Waals surface area contributed by atoms with Crippen molar-refractivity contribution in [1.82, 2.24) is 10.9 Å². The van der Waals surface area contributed by atoms with Gasteiger partial charge in [0.15, 0.2) is 11.5 Å². The summed E-state index contributed by atoms with van der Waals surface area (Å²) in [6.45, 7) is 4.14. The van der Waals surface area contributed by atoms with E-state index in [9.17, 15) is 4.79 Å². The molecule has 0 spiro atoms. The largest absolute Gasteiger partial charge is 0.493 e. The van der Waals surface area contributed by atoms with E-state index in [2.05, 4.69) is 36.8 Å². The summed E-state index contributed by atoms with van der Waals surface area (Å²) in [5.74, 6) is 1.77. The van der Waals surface area contributed by atoms with Crippen LogP contribution in [-0.2, 0) is 4.79 Å². The highest BCUT2D eigenvalue weighted by molar-refractivity contribution is 7.98. The molecule has 23 heavy (non-hydrogen) atoms. The summed E-state index contributed by atoms with van der Waals surface area (Å²) in [7, 11) is 3.29. The van der Waals surface area contributed by atoms with Crippen molar-refractivity contribution in [2.75, 3.05) is 20.5 Å². The molecular weight excluding hydrogens is 312 g/mol. The Labute approximate surface area is 141 Å². The van der Waals surface area contributed by atoms with Crippen molar-refractivity contribution in [1.29, 1.82) is 0 Å². The molecule has 0 aliphatic carbocycles. The lowest BCUT2D eigenvalue weighted by atomic mass is 9.93. The molecule has 0 bridgehead atoms. The molecule has 1 aromatic carbocycles. The molecular formula is C17H24N2O3S. The number of carbonyl (C=O) groups excluding carboxylic acids is 1. The topological polar surface area (TPSA) is 59.6 Å². The van der Waals surface area contributed by atoms with E-state index in [0.29, 0.717) is 6.42 Å². The van der Waals surface area contributed by atoms with Gasteiger partial charge in [0.05, 0.1) is 19.1 Å². The molecule has 1 fully saturated rings. The minimum Gasteiger partial charge on any atom is -0.493 e. The SMILES string of the molecule is COc1cc(/C(C)=C/C2NNC(=O)CC2C)cc(SC)c1OC. The molecule has 0 aromatic heterocycles. The van der Waals surface area contributed by atoms with Crippen LogP contribution >= 0.6 is 11.8 Å². The number of carbonyl (C=O) groups is 1. The molecule has 1 saturated heterocycles.